The monoisotopic (exact) mass is 667 g/mol. The van der Waals surface area contributed by atoms with Crippen molar-refractivity contribution in [1.29, 1.82) is 0 Å². The molecule has 0 saturated carbocycles. The molecule has 2 nitrogen and oxygen atoms in total. The van der Waals surface area contributed by atoms with Crippen molar-refractivity contribution in [3.8, 4) is 11.5 Å². The number of unbranched alkanes of at least 4 members (excludes halogenated alkanes) is 8. The van der Waals surface area contributed by atoms with Crippen LogP contribution in [0.15, 0.2) is 9.79 Å². The SMILES string of the molecule is CCCCc1c(O)c(CCCC)c(CCCC)c(Sc2c(CCCC)c(CCCC)c(O)c(CCCC)c2CCCC)c1CCCC. The van der Waals surface area contributed by atoms with Crippen LogP contribution in [0.2, 0.25) is 0 Å². The Balaban J connectivity index is 3.16. The van der Waals surface area contributed by atoms with Gasteiger partial charge in [-0.25, -0.2) is 0 Å². The molecule has 0 saturated heterocycles. The van der Waals surface area contributed by atoms with E-state index in [1.807, 2.05) is 0 Å². The van der Waals surface area contributed by atoms with Crippen molar-refractivity contribution in [2.75, 3.05) is 0 Å². The average molecular weight is 667 g/mol. The van der Waals surface area contributed by atoms with Crippen LogP contribution in [0.3, 0.4) is 0 Å². The van der Waals surface area contributed by atoms with Crippen LogP contribution in [0.1, 0.15) is 203 Å². The van der Waals surface area contributed by atoms with E-state index in [0.29, 0.717) is 11.5 Å². The highest BCUT2D eigenvalue weighted by Crippen LogP contribution is 2.49. The van der Waals surface area contributed by atoms with Gasteiger partial charge in [-0.05, 0) is 147 Å². The Hall–Kier alpha value is -1.61. The lowest BCUT2D eigenvalue weighted by Crippen LogP contribution is -2.11. The first-order chi connectivity index (χ1) is 22.9. The van der Waals surface area contributed by atoms with Gasteiger partial charge < -0.3 is 10.2 Å². The van der Waals surface area contributed by atoms with E-state index < -0.39 is 0 Å². The number of rotatable bonds is 26. The van der Waals surface area contributed by atoms with Crippen LogP contribution < -0.4 is 0 Å². The van der Waals surface area contributed by atoms with Gasteiger partial charge in [0, 0.05) is 9.79 Å². The van der Waals surface area contributed by atoms with Crippen molar-refractivity contribution < 1.29 is 10.2 Å². The largest absolute Gasteiger partial charge is 0.507 e. The summed E-state index contributed by atoms with van der Waals surface area (Å²) in [5, 5.41) is 24.2. The Kier molecular flexibility index (Phi) is 21.0. The lowest BCUT2D eigenvalue weighted by atomic mass is 9.87. The molecule has 0 aromatic heterocycles. The zero-order chi connectivity index (χ0) is 34.6. The topological polar surface area (TPSA) is 40.5 Å². The summed E-state index contributed by atoms with van der Waals surface area (Å²) in [6.07, 6.45) is 26.3. The fourth-order valence-electron chi connectivity index (χ4n) is 7.16. The van der Waals surface area contributed by atoms with Gasteiger partial charge in [-0.15, -0.1) is 0 Å². The van der Waals surface area contributed by atoms with Crippen LogP contribution in [0, 0.1) is 0 Å². The first kappa shape index (κ1) is 41.6. The van der Waals surface area contributed by atoms with Crippen LogP contribution in [0.25, 0.3) is 0 Å². The van der Waals surface area contributed by atoms with E-state index in [2.05, 4.69) is 67.2 Å². The quantitative estimate of drug-likeness (QED) is 0.105. The molecule has 0 unspecified atom stereocenters. The molecule has 0 fully saturated rings. The van der Waals surface area contributed by atoms with Crippen molar-refractivity contribution in [2.24, 2.45) is 0 Å². The highest BCUT2D eigenvalue weighted by molar-refractivity contribution is 7.99. The second-order valence-corrected chi connectivity index (χ2v) is 15.1. The smallest absolute Gasteiger partial charge is 0.122 e. The minimum absolute atomic E-state index is 0.629. The Morgan fingerprint density at radius 2 is 0.468 bits per heavy atom. The molecule has 0 aliphatic rings. The fourth-order valence-corrected chi connectivity index (χ4v) is 8.76. The average Bonchev–Trinajstić information content (AvgIpc) is 3.07. The normalized spacial score (nSPS) is 11.6. The summed E-state index contributed by atoms with van der Waals surface area (Å²) in [5.41, 5.74) is 10.7. The van der Waals surface area contributed by atoms with E-state index >= 15 is 0 Å². The standard InChI is InChI=1S/C44H74O2S/c1-9-17-25-33-37(29-21-13-5)43(38(30-22-14-6)34(41(33)45)26-18-10-2)47-44-39(31-23-15-7)35(27-19-11-3)42(46)36(28-20-12-4)40(44)32-24-16-8/h45-46H,9-32H2,1-8H3. The number of phenolic OH excluding ortho intramolecular Hbond substituents is 2. The predicted octanol–water partition coefficient (Wildman–Crippen LogP) is 14.0. The molecule has 0 spiro atoms. The first-order valence-corrected chi connectivity index (χ1v) is 21.2. The van der Waals surface area contributed by atoms with Crippen molar-refractivity contribution in [3.05, 3.63) is 44.5 Å². The van der Waals surface area contributed by atoms with E-state index in [1.165, 1.54) is 54.3 Å². The Morgan fingerprint density at radius 3 is 0.638 bits per heavy atom. The third-order valence-electron chi connectivity index (χ3n) is 10.1. The first-order valence-electron chi connectivity index (χ1n) is 20.3. The zero-order valence-electron chi connectivity index (χ0n) is 32.3. The van der Waals surface area contributed by atoms with Gasteiger partial charge in [0.1, 0.15) is 11.5 Å². The molecular formula is C44H74O2S. The van der Waals surface area contributed by atoms with E-state index in [0.717, 1.165) is 154 Å². The molecule has 0 atom stereocenters. The van der Waals surface area contributed by atoms with Crippen LogP contribution in [0.5, 0.6) is 11.5 Å². The fraction of sp³-hybridized carbons (Fsp3) is 0.727. The highest BCUT2D eigenvalue weighted by Gasteiger charge is 2.28. The van der Waals surface area contributed by atoms with Gasteiger partial charge >= 0.3 is 0 Å². The molecule has 0 aliphatic heterocycles. The molecular weight excluding hydrogens is 593 g/mol. The summed E-state index contributed by atoms with van der Waals surface area (Å²) in [6.45, 7) is 18.3. The van der Waals surface area contributed by atoms with E-state index in [1.54, 1.807) is 0 Å². The third-order valence-corrected chi connectivity index (χ3v) is 11.5. The summed E-state index contributed by atoms with van der Waals surface area (Å²) in [6, 6.07) is 0. The van der Waals surface area contributed by atoms with Crippen molar-refractivity contribution in [2.45, 2.75) is 219 Å². The summed E-state index contributed by atoms with van der Waals surface area (Å²) >= 11 is 2.08. The lowest BCUT2D eigenvalue weighted by Gasteiger charge is -2.28. The third kappa shape index (κ3) is 11.8. The predicted molar refractivity (Wildman–Crippen MR) is 209 cm³/mol. The molecule has 47 heavy (non-hydrogen) atoms. The van der Waals surface area contributed by atoms with Crippen molar-refractivity contribution in [3.63, 3.8) is 0 Å². The number of benzene rings is 2. The maximum absolute atomic E-state index is 12.1. The van der Waals surface area contributed by atoms with E-state index in [4.69, 9.17) is 0 Å². The van der Waals surface area contributed by atoms with Gasteiger partial charge in [0.05, 0.1) is 0 Å². The lowest BCUT2D eigenvalue weighted by molar-refractivity contribution is 0.453. The van der Waals surface area contributed by atoms with Gasteiger partial charge in [-0.2, -0.15) is 0 Å². The zero-order valence-corrected chi connectivity index (χ0v) is 33.1. The van der Waals surface area contributed by atoms with Gasteiger partial charge in [0.2, 0.25) is 0 Å². The number of aromatic hydroxyl groups is 2. The molecule has 3 heteroatoms. The molecule has 2 aromatic rings. The summed E-state index contributed by atoms with van der Waals surface area (Å²) in [4.78, 5) is 2.96. The van der Waals surface area contributed by atoms with Crippen LogP contribution in [-0.4, -0.2) is 10.2 Å². The number of hydrogen-bond donors (Lipinski definition) is 2. The van der Waals surface area contributed by atoms with Crippen LogP contribution in [-0.2, 0) is 51.4 Å². The van der Waals surface area contributed by atoms with Crippen molar-refractivity contribution in [1.82, 2.24) is 0 Å². The van der Waals surface area contributed by atoms with E-state index in [9.17, 15) is 10.2 Å². The number of hydrogen-bond acceptors (Lipinski definition) is 3. The Morgan fingerprint density at radius 1 is 0.298 bits per heavy atom. The van der Waals surface area contributed by atoms with Gasteiger partial charge in [0.25, 0.3) is 0 Å². The molecule has 2 N–H and O–H groups in total. The minimum atomic E-state index is 0.629. The second kappa shape index (κ2) is 23.7. The van der Waals surface area contributed by atoms with Crippen LogP contribution in [0.4, 0.5) is 0 Å². The molecule has 0 bridgehead atoms. The molecule has 2 aromatic carbocycles. The maximum Gasteiger partial charge on any atom is 0.122 e. The summed E-state index contributed by atoms with van der Waals surface area (Å²) in [7, 11) is 0. The summed E-state index contributed by atoms with van der Waals surface area (Å²) < 4.78 is 0. The van der Waals surface area contributed by atoms with Crippen LogP contribution >= 0.6 is 11.8 Å². The highest BCUT2D eigenvalue weighted by atomic mass is 32.2. The summed E-state index contributed by atoms with van der Waals surface area (Å²) in [5.74, 6) is 1.26. The maximum atomic E-state index is 12.1. The number of phenols is 2. The van der Waals surface area contributed by atoms with E-state index in [-0.39, 0.29) is 0 Å². The molecule has 0 aliphatic carbocycles. The molecule has 0 heterocycles. The molecule has 0 amide bonds. The van der Waals surface area contributed by atoms with Gasteiger partial charge in [-0.1, -0.05) is 119 Å². The molecule has 2 rings (SSSR count). The van der Waals surface area contributed by atoms with Gasteiger partial charge in [-0.3, -0.25) is 0 Å². The molecule has 0 radical (unpaired) electrons. The second-order valence-electron chi connectivity index (χ2n) is 14.1. The van der Waals surface area contributed by atoms with Crippen molar-refractivity contribution >= 4 is 11.8 Å². The molecule has 268 valence electrons. The minimum Gasteiger partial charge on any atom is -0.507 e. The van der Waals surface area contributed by atoms with Gasteiger partial charge in [0.15, 0.2) is 0 Å². The Bertz CT molecular complexity index is 1010. The Labute approximate surface area is 296 Å².